The van der Waals surface area contributed by atoms with Crippen molar-refractivity contribution in [2.24, 2.45) is 0 Å². The van der Waals surface area contributed by atoms with Crippen LogP contribution in [0.5, 0.6) is 0 Å². The summed E-state index contributed by atoms with van der Waals surface area (Å²) in [7, 11) is 1.81. The molecule has 1 aromatic heterocycles. The number of rotatable bonds is 4. The van der Waals surface area contributed by atoms with Crippen LogP contribution in [0.2, 0.25) is 0 Å². The van der Waals surface area contributed by atoms with E-state index in [-0.39, 0.29) is 0 Å². The van der Waals surface area contributed by atoms with Gasteiger partial charge in [-0.15, -0.1) is 10.2 Å². The molecule has 1 rings (SSSR count). The van der Waals surface area contributed by atoms with Gasteiger partial charge in [0.1, 0.15) is 5.01 Å². The molecule has 1 N–H and O–H groups in total. The molecule has 13 heavy (non-hydrogen) atoms. The van der Waals surface area contributed by atoms with Crippen LogP contribution >= 0.6 is 11.3 Å². The van der Waals surface area contributed by atoms with Gasteiger partial charge in [-0.05, 0) is 14.0 Å². The van der Waals surface area contributed by atoms with E-state index in [4.69, 9.17) is 4.74 Å². The van der Waals surface area contributed by atoms with Gasteiger partial charge in [0.2, 0.25) is 5.01 Å². The largest absolute Gasteiger partial charge is 0.461 e. The maximum atomic E-state index is 11.1. The zero-order valence-corrected chi connectivity index (χ0v) is 8.35. The highest BCUT2D eigenvalue weighted by Crippen LogP contribution is 2.10. The average Bonchev–Trinajstić information content (AvgIpc) is 2.54. The van der Waals surface area contributed by atoms with Crippen LogP contribution < -0.4 is 5.32 Å². The molecule has 72 valence electrons. The van der Waals surface area contributed by atoms with Crippen LogP contribution in [0, 0.1) is 0 Å². The Balaban J connectivity index is 2.62. The van der Waals surface area contributed by atoms with Crippen molar-refractivity contribution in [2.75, 3.05) is 13.7 Å². The fourth-order valence-electron chi connectivity index (χ4n) is 0.752. The highest BCUT2D eigenvalue weighted by atomic mass is 32.1. The molecule has 0 aliphatic rings. The van der Waals surface area contributed by atoms with Gasteiger partial charge < -0.3 is 10.1 Å². The van der Waals surface area contributed by atoms with Gasteiger partial charge in [-0.1, -0.05) is 11.3 Å². The number of carbonyl (C=O) groups excluding carboxylic acids is 1. The fraction of sp³-hybridized carbons (Fsp3) is 0.571. The van der Waals surface area contributed by atoms with Gasteiger partial charge in [-0.3, -0.25) is 0 Å². The van der Waals surface area contributed by atoms with E-state index in [1.165, 1.54) is 11.3 Å². The molecule has 0 aromatic carbocycles. The van der Waals surface area contributed by atoms with Gasteiger partial charge in [0.05, 0.1) is 6.61 Å². The smallest absolute Gasteiger partial charge is 0.369 e. The second kappa shape index (κ2) is 4.88. The molecule has 0 radical (unpaired) electrons. The minimum absolute atomic E-state index is 0.312. The van der Waals surface area contributed by atoms with Crippen LogP contribution in [0.4, 0.5) is 0 Å². The van der Waals surface area contributed by atoms with Crippen LogP contribution in [-0.2, 0) is 11.3 Å². The van der Waals surface area contributed by atoms with E-state index in [2.05, 4.69) is 15.5 Å². The zero-order valence-electron chi connectivity index (χ0n) is 7.53. The number of hydrogen-bond donors (Lipinski definition) is 1. The summed E-state index contributed by atoms with van der Waals surface area (Å²) >= 11 is 1.25. The van der Waals surface area contributed by atoms with Crippen LogP contribution in [-0.4, -0.2) is 29.8 Å². The number of nitrogens with zero attached hydrogens (tertiary/aromatic N) is 2. The number of aromatic nitrogens is 2. The van der Waals surface area contributed by atoms with Crippen molar-refractivity contribution in [3.8, 4) is 0 Å². The molecule has 0 atom stereocenters. The SMILES string of the molecule is CCOC(=O)c1nnc(CNC)s1. The molecule has 0 saturated carbocycles. The van der Waals surface area contributed by atoms with E-state index < -0.39 is 5.97 Å². The van der Waals surface area contributed by atoms with Gasteiger partial charge in [-0.2, -0.15) is 0 Å². The minimum atomic E-state index is -0.401. The fourth-order valence-corrected chi connectivity index (χ4v) is 1.50. The lowest BCUT2D eigenvalue weighted by Gasteiger charge is -1.94. The first kappa shape index (κ1) is 10.1. The molecule has 5 nitrogen and oxygen atoms in total. The Morgan fingerprint density at radius 2 is 2.38 bits per heavy atom. The number of nitrogens with one attached hydrogen (secondary N) is 1. The Morgan fingerprint density at radius 3 is 3.00 bits per heavy atom. The Hall–Kier alpha value is -1.01. The van der Waals surface area contributed by atoms with E-state index in [0.717, 1.165) is 5.01 Å². The number of carbonyl (C=O) groups is 1. The van der Waals surface area contributed by atoms with Gasteiger partial charge in [0, 0.05) is 6.54 Å². The van der Waals surface area contributed by atoms with Crippen LogP contribution in [0.25, 0.3) is 0 Å². The predicted molar refractivity (Wildman–Crippen MR) is 48.6 cm³/mol. The van der Waals surface area contributed by atoms with Gasteiger partial charge in [0.25, 0.3) is 0 Å². The first-order chi connectivity index (χ1) is 6.27. The number of ether oxygens (including phenoxy) is 1. The maximum Gasteiger partial charge on any atom is 0.369 e. The standard InChI is InChI=1S/C7H11N3O2S/c1-3-12-7(11)6-10-9-5(13-6)4-8-2/h8H,3-4H2,1-2H3. The summed E-state index contributed by atoms with van der Waals surface area (Å²) < 4.78 is 4.77. The number of esters is 1. The molecule has 1 heterocycles. The highest BCUT2D eigenvalue weighted by molar-refractivity contribution is 7.13. The first-order valence-electron chi connectivity index (χ1n) is 3.92. The van der Waals surface area contributed by atoms with Crippen molar-refractivity contribution in [3.63, 3.8) is 0 Å². The predicted octanol–water partition coefficient (Wildman–Crippen LogP) is 0.434. The summed E-state index contributed by atoms with van der Waals surface area (Å²) in [4.78, 5) is 11.1. The van der Waals surface area contributed by atoms with Gasteiger partial charge >= 0.3 is 5.97 Å². The summed E-state index contributed by atoms with van der Waals surface area (Å²) in [5, 5.41) is 11.5. The Bertz CT molecular complexity index is 287. The van der Waals surface area contributed by atoms with E-state index in [9.17, 15) is 4.79 Å². The van der Waals surface area contributed by atoms with Crippen LogP contribution in [0.3, 0.4) is 0 Å². The van der Waals surface area contributed by atoms with Crippen LogP contribution in [0.15, 0.2) is 0 Å². The third-order valence-electron chi connectivity index (χ3n) is 1.24. The number of hydrogen-bond acceptors (Lipinski definition) is 6. The van der Waals surface area contributed by atoms with Crippen molar-refractivity contribution in [1.29, 1.82) is 0 Å². The Morgan fingerprint density at radius 1 is 1.62 bits per heavy atom. The third-order valence-corrected chi connectivity index (χ3v) is 2.15. The third kappa shape index (κ3) is 2.74. The van der Waals surface area contributed by atoms with Crippen molar-refractivity contribution in [1.82, 2.24) is 15.5 Å². The molecule has 0 aliphatic heterocycles. The molecule has 0 fully saturated rings. The molecule has 1 aromatic rings. The van der Waals surface area contributed by atoms with Gasteiger partial charge in [0.15, 0.2) is 0 Å². The van der Waals surface area contributed by atoms with Crippen molar-refractivity contribution >= 4 is 17.3 Å². The molecule has 6 heteroatoms. The van der Waals surface area contributed by atoms with Crippen molar-refractivity contribution in [2.45, 2.75) is 13.5 Å². The van der Waals surface area contributed by atoms with E-state index in [0.29, 0.717) is 18.2 Å². The summed E-state index contributed by atoms with van der Waals surface area (Å²) in [6.45, 7) is 2.74. The molecule has 0 unspecified atom stereocenters. The van der Waals surface area contributed by atoms with E-state index >= 15 is 0 Å². The average molecular weight is 201 g/mol. The normalized spacial score (nSPS) is 10.0. The maximum absolute atomic E-state index is 11.1. The molecule has 0 spiro atoms. The molecule has 0 bridgehead atoms. The van der Waals surface area contributed by atoms with Crippen molar-refractivity contribution in [3.05, 3.63) is 10.0 Å². The lowest BCUT2D eigenvalue weighted by Crippen LogP contribution is -2.04. The van der Waals surface area contributed by atoms with Crippen molar-refractivity contribution < 1.29 is 9.53 Å². The van der Waals surface area contributed by atoms with E-state index in [1.807, 2.05) is 7.05 Å². The Labute approximate surface area is 80.1 Å². The topological polar surface area (TPSA) is 64.1 Å². The van der Waals surface area contributed by atoms with E-state index in [1.54, 1.807) is 6.92 Å². The summed E-state index contributed by atoms with van der Waals surface area (Å²) in [5.41, 5.74) is 0. The molecule has 0 saturated heterocycles. The second-order valence-corrected chi connectivity index (χ2v) is 3.31. The zero-order chi connectivity index (χ0) is 9.68. The summed E-state index contributed by atoms with van der Waals surface area (Å²) in [6.07, 6.45) is 0. The molecule has 0 amide bonds. The first-order valence-corrected chi connectivity index (χ1v) is 4.73. The highest BCUT2D eigenvalue weighted by Gasteiger charge is 2.12. The molecular formula is C7H11N3O2S. The molecular weight excluding hydrogens is 190 g/mol. The summed E-state index contributed by atoms with van der Waals surface area (Å²) in [5.74, 6) is -0.401. The molecule has 0 aliphatic carbocycles. The quantitative estimate of drug-likeness (QED) is 0.716. The monoisotopic (exact) mass is 201 g/mol. The lowest BCUT2D eigenvalue weighted by atomic mass is 10.7. The van der Waals surface area contributed by atoms with Gasteiger partial charge in [-0.25, -0.2) is 4.79 Å². The minimum Gasteiger partial charge on any atom is -0.461 e. The summed E-state index contributed by atoms with van der Waals surface area (Å²) in [6, 6.07) is 0. The van der Waals surface area contributed by atoms with Crippen LogP contribution in [0.1, 0.15) is 21.7 Å². The second-order valence-electron chi connectivity index (χ2n) is 2.25. The Kier molecular flexibility index (Phi) is 3.78. The lowest BCUT2D eigenvalue weighted by molar-refractivity contribution is 0.0525.